The first-order valence-corrected chi connectivity index (χ1v) is 9.94. The van der Waals surface area contributed by atoms with Gasteiger partial charge in [0.05, 0.1) is 6.20 Å². The molecule has 4 aromatic rings. The van der Waals surface area contributed by atoms with Crippen molar-refractivity contribution in [1.82, 2.24) is 20.5 Å². The number of carbonyl (C=O) groups excluding carboxylic acids is 1. The smallest absolute Gasteiger partial charge is 0.319 e. The third-order valence-electron chi connectivity index (χ3n) is 4.94. The number of H-pyrrole nitrogens is 1. The molecule has 0 unspecified atom stereocenters. The van der Waals surface area contributed by atoms with Crippen LogP contribution in [0, 0.1) is 0 Å². The molecular weight excluding hydrogens is 374 g/mol. The number of aromatic amines is 1. The van der Waals surface area contributed by atoms with Crippen molar-refractivity contribution in [2.75, 3.05) is 5.32 Å². The van der Waals surface area contributed by atoms with Crippen LogP contribution in [-0.4, -0.2) is 21.2 Å². The van der Waals surface area contributed by atoms with Gasteiger partial charge in [-0.1, -0.05) is 63.2 Å². The van der Waals surface area contributed by atoms with E-state index in [-0.39, 0.29) is 11.4 Å². The molecular formula is C24H25N5O. The molecule has 6 nitrogen and oxygen atoms in total. The molecule has 30 heavy (non-hydrogen) atoms. The standard InChI is InChI=1S/C24H25N5O/c1-24(2,3)21-13-19(20-15-26-29-22(20)28-21)17-9-11-18(12-10-17)27-23(30)25-14-16-7-5-4-6-8-16/h4-13,15H,14H2,1-3H3,(H2,25,27,30)(H,26,28,29). The van der Waals surface area contributed by atoms with E-state index in [0.29, 0.717) is 6.54 Å². The van der Waals surface area contributed by atoms with Gasteiger partial charge in [-0.05, 0) is 34.9 Å². The Bertz CT molecular complexity index is 1160. The first kappa shape index (κ1) is 19.6. The van der Waals surface area contributed by atoms with Crippen LogP contribution in [0.3, 0.4) is 0 Å². The summed E-state index contributed by atoms with van der Waals surface area (Å²) in [6.45, 7) is 6.91. The molecule has 6 heteroatoms. The quantitative estimate of drug-likeness (QED) is 0.439. The zero-order valence-corrected chi connectivity index (χ0v) is 17.4. The lowest BCUT2D eigenvalue weighted by atomic mass is 9.89. The Balaban J connectivity index is 1.51. The summed E-state index contributed by atoms with van der Waals surface area (Å²) in [7, 11) is 0. The molecule has 0 saturated carbocycles. The zero-order chi connectivity index (χ0) is 21.1. The van der Waals surface area contributed by atoms with Gasteiger partial charge in [-0.15, -0.1) is 0 Å². The van der Waals surface area contributed by atoms with E-state index in [4.69, 9.17) is 4.98 Å². The van der Waals surface area contributed by atoms with E-state index in [0.717, 1.165) is 39.1 Å². The van der Waals surface area contributed by atoms with Crippen molar-refractivity contribution in [3.63, 3.8) is 0 Å². The lowest BCUT2D eigenvalue weighted by Gasteiger charge is -2.19. The van der Waals surface area contributed by atoms with Crippen molar-refractivity contribution in [2.24, 2.45) is 0 Å². The van der Waals surface area contributed by atoms with E-state index in [9.17, 15) is 4.79 Å². The minimum atomic E-state index is -0.234. The third kappa shape index (κ3) is 4.33. The molecule has 4 rings (SSSR count). The molecule has 0 saturated heterocycles. The lowest BCUT2D eigenvalue weighted by molar-refractivity contribution is 0.251. The van der Waals surface area contributed by atoms with Gasteiger partial charge in [0.15, 0.2) is 5.65 Å². The van der Waals surface area contributed by atoms with Crippen LogP contribution < -0.4 is 10.6 Å². The van der Waals surface area contributed by atoms with Gasteiger partial charge in [-0.25, -0.2) is 9.78 Å². The molecule has 2 aromatic carbocycles. The summed E-state index contributed by atoms with van der Waals surface area (Å²) < 4.78 is 0. The van der Waals surface area contributed by atoms with Crippen LogP contribution in [-0.2, 0) is 12.0 Å². The van der Waals surface area contributed by atoms with E-state index in [1.165, 1.54) is 0 Å². The lowest BCUT2D eigenvalue weighted by Crippen LogP contribution is -2.28. The number of rotatable bonds is 4. The number of benzene rings is 2. The highest BCUT2D eigenvalue weighted by molar-refractivity contribution is 5.94. The molecule has 0 aliphatic heterocycles. The summed E-state index contributed by atoms with van der Waals surface area (Å²) in [5.41, 5.74) is 5.60. The predicted octanol–water partition coefficient (Wildman–Crippen LogP) is 5.24. The number of hydrogen-bond donors (Lipinski definition) is 3. The minimum absolute atomic E-state index is 0.0770. The predicted molar refractivity (Wildman–Crippen MR) is 120 cm³/mol. The van der Waals surface area contributed by atoms with E-state index in [1.807, 2.05) is 54.6 Å². The fourth-order valence-electron chi connectivity index (χ4n) is 3.24. The Labute approximate surface area is 175 Å². The highest BCUT2D eigenvalue weighted by Crippen LogP contribution is 2.32. The number of nitrogens with zero attached hydrogens (tertiary/aromatic N) is 2. The van der Waals surface area contributed by atoms with Crippen LogP contribution in [0.5, 0.6) is 0 Å². The van der Waals surface area contributed by atoms with E-state index in [1.54, 1.807) is 6.20 Å². The summed E-state index contributed by atoms with van der Waals surface area (Å²) >= 11 is 0. The second-order valence-corrected chi connectivity index (χ2v) is 8.31. The molecule has 0 spiro atoms. The molecule has 0 aliphatic carbocycles. The number of anilines is 1. The highest BCUT2D eigenvalue weighted by Gasteiger charge is 2.19. The monoisotopic (exact) mass is 399 g/mol. The number of urea groups is 1. The largest absolute Gasteiger partial charge is 0.334 e. The average molecular weight is 399 g/mol. The van der Waals surface area contributed by atoms with Gasteiger partial charge in [0.25, 0.3) is 0 Å². The second-order valence-electron chi connectivity index (χ2n) is 8.31. The SMILES string of the molecule is CC(C)(C)c1cc(-c2ccc(NC(=O)NCc3ccccc3)cc2)c2cn[nH]c2n1. The first-order chi connectivity index (χ1) is 14.4. The van der Waals surface area contributed by atoms with E-state index >= 15 is 0 Å². The Kier molecular flexibility index (Phi) is 5.23. The number of nitrogens with one attached hydrogen (secondary N) is 3. The van der Waals surface area contributed by atoms with Crippen LogP contribution in [0.2, 0.25) is 0 Å². The summed E-state index contributed by atoms with van der Waals surface area (Å²) in [5, 5.41) is 13.9. The van der Waals surface area contributed by atoms with Crippen LogP contribution in [0.1, 0.15) is 32.0 Å². The van der Waals surface area contributed by atoms with Gasteiger partial charge < -0.3 is 10.6 Å². The number of fused-ring (bicyclic) bond motifs is 1. The average Bonchev–Trinajstić information content (AvgIpc) is 3.21. The fourth-order valence-corrected chi connectivity index (χ4v) is 3.24. The van der Waals surface area contributed by atoms with Gasteiger partial charge in [0.1, 0.15) is 0 Å². The number of pyridine rings is 1. The molecule has 3 N–H and O–H groups in total. The number of amides is 2. The maximum Gasteiger partial charge on any atom is 0.319 e. The Morgan fingerprint density at radius 1 is 1.03 bits per heavy atom. The van der Waals surface area contributed by atoms with Crippen molar-refractivity contribution in [3.8, 4) is 11.1 Å². The summed E-state index contributed by atoms with van der Waals surface area (Å²) in [6, 6.07) is 19.5. The van der Waals surface area contributed by atoms with Crippen LogP contribution in [0.4, 0.5) is 10.5 Å². The van der Waals surface area contributed by atoms with E-state index < -0.39 is 0 Å². The van der Waals surface area contributed by atoms with E-state index in [2.05, 4.69) is 47.7 Å². The molecule has 0 bridgehead atoms. The summed E-state index contributed by atoms with van der Waals surface area (Å²) in [5.74, 6) is 0. The normalized spacial score (nSPS) is 11.4. The Hall–Kier alpha value is -3.67. The van der Waals surface area contributed by atoms with Crippen LogP contribution >= 0.6 is 0 Å². The summed E-state index contributed by atoms with van der Waals surface area (Å²) in [4.78, 5) is 16.9. The summed E-state index contributed by atoms with van der Waals surface area (Å²) in [6.07, 6.45) is 1.80. The zero-order valence-electron chi connectivity index (χ0n) is 17.4. The molecule has 2 aromatic heterocycles. The van der Waals surface area contributed by atoms with Gasteiger partial charge in [-0.2, -0.15) is 5.10 Å². The topological polar surface area (TPSA) is 82.7 Å². The Morgan fingerprint density at radius 3 is 2.47 bits per heavy atom. The number of aromatic nitrogens is 3. The van der Waals surface area contributed by atoms with Gasteiger partial charge in [0.2, 0.25) is 0 Å². The number of carbonyl (C=O) groups is 1. The van der Waals surface area contributed by atoms with Gasteiger partial charge >= 0.3 is 6.03 Å². The maximum atomic E-state index is 12.2. The minimum Gasteiger partial charge on any atom is -0.334 e. The molecule has 0 aliphatic rings. The fraction of sp³-hybridized carbons (Fsp3) is 0.208. The molecule has 0 fully saturated rings. The molecule has 152 valence electrons. The van der Waals surface area contributed by atoms with Crippen LogP contribution in [0.15, 0.2) is 66.9 Å². The van der Waals surface area contributed by atoms with Gasteiger partial charge in [0, 0.05) is 28.7 Å². The third-order valence-corrected chi connectivity index (χ3v) is 4.94. The maximum absolute atomic E-state index is 12.2. The molecule has 0 atom stereocenters. The second kappa shape index (κ2) is 7.99. The van der Waals surface area contributed by atoms with Gasteiger partial charge in [-0.3, -0.25) is 5.10 Å². The molecule has 0 radical (unpaired) electrons. The number of hydrogen-bond acceptors (Lipinski definition) is 3. The Morgan fingerprint density at radius 2 is 1.77 bits per heavy atom. The van der Waals surface area contributed by atoms with Crippen molar-refractivity contribution in [1.29, 1.82) is 0 Å². The highest BCUT2D eigenvalue weighted by atomic mass is 16.2. The van der Waals surface area contributed by atoms with Crippen molar-refractivity contribution in [3.05, 3.63) is 78.1 Å². The molecule has 2 amide bonds. The van der Waals surface area contributed by atoms with Crippen molar-refractivity contribution >= 4 is 22.8 Å². The van der Waals surface area contributed by atoms with Crippen molar-refractivity contribution < 1.29 is 4.79 Å². The van der Waals surface area contributed by atoms with Crippen molar-refractivity contribution in [2.45, 2.75) is 32.7 Å². The van der Waals surface area contributed by atoms with Crippen LogP contribution in [0.25, 0.3) is 22.2 Å². The first-order valence-electron chi connectivity index (χ1n) is 9.94. The molecule has 2 heterocycles.